The van der Waals surface area contributed by atoms with Crippen LogP contribution in [0.15, 0.2) is 36.4 Å². The molecule has 2 aromatic carbocycles. The van der Waals surface area contributed by atoms with Gasteiger partial charge >= 0.3 is 0 Å². The Kier molecular flexibility index (Phi) is 4.04. The Hall–Kier alpha value is -1.32. The summed E-state index contributed by atoms with van der Waals surface area (Å²) in [6.45, 7) is 0.307. The molecule has 0 heterocycles. The lowest BCUT2D eigenvalue weighted by Crippen LogP contribution is -2.01. The van der Waals surface area contributed by atoms with Crippen molar-refractivity contribution in [3.63, 3.8) is 0 Å². The van der Waals surface area contributed by atoms with Gasteiger partial charge in [0.1, 0.15) is 11.6 Å². The Morgan fingerprint density at radius 2 is 1.83 bits per heavy atom. The normalized spacial score (nSPS) is 10.4. The standard InChI is InChI=1S/C13H9Cl2F2N/c14-10-6-9(16)4-5-12(10)18-7-8-2-1-3-11(17)13(8)15/h1-6,18H,7H2. The van der Waals surface area contributed by atoms with Crippen molar-refractivity contribution in [3.05, 3.63) is 63.6 Å². The average Bonchev–Trinajstić information content (AvgIpc) is 2.33. The van der Waals surface area contributed by atoms with Crippen molar-refractivity contribution in [1.82, 2.24) is 0 Å². The van der Waals surface area contributed by atoms with E-state index in [1.165, 1.54) is 24.3 Å². The first-order valence-electron chi connectivity index (χ1n) is 5.20. The Balaban J connectivity index is 2.14. The molecule has 0 aromatic heterocycles. The van der Waals surface area contributed by atoms with E-state index in [0.717, 1.165) is 0 Å². The summed E-state index contributed by atoms with van der Waals surface area (Å²) >= 11 is 11.7. The molecule has 0 saturated carbocycles. The van der Waals surface area contributed by atoms with Crippen LogP contribution in [0.3, 0.4) is 0 Å². The van der Waals surface area contributed by atoms with E-state index >= 15 is 0 Å². The van der Waals surface area contributed by atoms with Crippen LogP contribution in [0.25, 0.3) is 0 Å². The van der Waals surface area contributed by atoms with Gasteiger partial charge in [0.2, 0.25) is 0 Å². The van der Waals surface area contributed by atoms with Crippen LogP contribution in [0.1, 0.15) is 5.56 Å². The zero-order chi connectivity index (χ0) is 13.1. The first-order valence-corrected chi connectivity index (χ1v) is 5.95. The van der Waals surface area contributed by atoms with Crippen molar-refractivity contribution >= 4 is 28.9 Å². The minimum Gasteiger partial charge on any atom is -0.380 e. The molecule has 94 valence electrons. The van der Waals surface area contributed by atoms with Crippen LogP contribution < -0.4 is 5.32 Å². The second kappa shape index (κ2) is 5.55. The van der Waals surface area contributed by atoms with Crippen molar-refractivity contribution in [2.75, 3.05) is 5.32 Å². The van der Waals surface area contributed by atoms with Crippen LogP contribution in [-0.4, -0.2) is 0 Å². The van der Waals surface area contributed by atoms with E-state index in [9.17, 15) is 8.78 Å². The first kappa shape index (κ1) is 13.1. The molecule has 1 N–H and O–H groups in total. The molecule has 0 unspecified atom stereocenters. The lowest BCUT2D eigenvalue weighted by Gasteiger charge is -2.10. The zero-order valence-electron chi connectivity index (χ0n) is 9.18. The average molecular weight is 288 g/mol. The fourth-order valence-corrected chi connectivity index (χ4v) is 1.94. The number of hydrogen-bond acceptors (Lipinski definition) is 1. The van der Waals surface area contributed by atoms with E-state index in [2.05, 4.69) is 5.32 Å². The molecule has 2 rings (SSSR count). The fourth-order valence-electron chi connectivity index (χ4n) is 1.51. The Bertz CT molecular complexity index is 573. The van der Waals surface area contributed by atoms with Gasteiger partial charge < -0.3 is 5.32 Å². The second-order valence-electron chi connectivity index (χ2n) is 3.69. The van der Waals surface area contributed by atoms with Crippen LogP contribution in [0.2, 0.25) is 10.0 Å². The Labute approximate surface area is 113 Å². The zero-order valence-corrected chi connectivity index (χ0v) is 10.7. The maximum absolute atomic E-state index is 13.2. The van der Waals surface area contributed by atoms with Gasteiger partial charge in [-0.05, 0) is 29.8 Å². The molecule has 0 fully saturated rings. The van der Waals surface area contributed by atoms with E-state index in [-0.39, 0.29) is 10.0 Å². The molecule has 5 heteroatoms. The van der Waals surface area contributed by atoms with E-state index in [4.69, 9.17) is 23.2 Å². The Morgan fingerprint density at radius 1 is 1.06 bits per heavy atom. The molecule has 0 radical (unpaired) electrons. The molecule has 2 aromatic rings. The third kappa shape index (κ3) is 2.92. The lowest BCUT2D eigenvalue weighted by atomic mass is 10.2. The molecule has 0 spiro atoms. The number of rotatable bonds is 3. The van der Waals surface area contributed by atoms with Gasteiger partial charge in [0, 0.05) is 6.54 Å². The van der Waals surface area contributed by atoms with Gasteiger partial charge in [-0.3, -0.25) is 0 Å². The molecule has 0 saturated heterocycles. The van der Waals surface area contributed by atoms with Gasteiger partial charge in [0.05, 0.1) is 15.7 Å². The summed E-state index contributed by atoms with van der Waals surface area (Å²) in [4.78, 5) is 0. The van der Waals surface area contributed by atoms with Crippen LogP contribution in [0.4, 0.5) is 14.5 Å². The van der Waals surface area contributed by atoms with E-state index in [0.29, 0.717) is 17.8 Å². The maximum atomic E-state index is 13.2. The molecule has 0 aliphatic rings. The molecule has 0 aliphatic heterocycles. The van der Waals surface area contributed by atoms with E-state index < -0.39 is 11.6 Å². The SMILES string of the molecule is Fc1ccc(NCc2cccc(F)c2Cl)c(Cl)c1. The van der Waals surface area contributed by atoms with Gasteiger partial charge in [0.15, 0.2) is 0 Å². The summed E-state index contributed by atoms with van der Waals surface area (Å²) in [5.74, 6) is -0.879. The highest BCUT2D eigenvalue weighted by Gasteiger charge is 2.06. The predicted octanol–water partition coefficient (Wildman–Crippen LogP) is 4.88. The highest BCUT2D eigenvalue weighted by Crippen LogP contribution is 2.25. The van der Waals surface area contributed by atoms with E-state index in [1.54, 1.807) is 12.1 Å². The summed E-state index contributed by atoms with van der Waals surface area (Å²) < 4.78 is 26.0. The van der Waals surface area contributed by atoms with Crippen LogP contribution in [0, 0.1) is 11.6 Å². The molecule has 0 amide bonds. The highest BCUT2D eigenvalue weighted by molar-refractivity contribution is 6.33. The van der Waals surface area contributed by atoms with Crippen molar-refractivity contribution in [1.29, 1.82) is 0 Å². The highest BCUT2D eigenvalue weighted by atomic mass is 35.5. The third-order valence-corrected chi connectivity index (χ3v) is 3.17. The molecule has 0 atom stereocenters. The second-order valence-corrected chi connectivity index (χ2v) is 4.48. The molecular formula is C13H9Cl2F2N. The minimum atomic E-state index is -0.471. The monoisotopic (exact) mass is 287 g/mol. The summed E-state index contributed by atoms with van der Waals surface area (Å²) in [6, 6.07) is 8.58. The summed E-state index contributed by atoms with van der Waals surface area (Å²) in [5.41, 5.74) is 1.18. The van der Waals surface area contributed by atoms with Crippen molar-refractivity contribution < 1.29 is 8.78 Å². The number of halogens is 4. The number of benzene rings is 2. The molecule has 1 nitrogen and oxygen atoms in total. The summed E-state index contributed by atoms with van der Waals surface area (Å²) in [5, 5.41) is 3.31. The van der Waals surface area contributed by atoms with E-state index in [1.807, 2.05) is 0 Å². The van der Waals surface area contributed by atoms with Gasteiger partial charge in [-0.15, -0.1) is 0 Å². The summed E-state index contributed by atoms with van der Waals surface area (Å²) in [7, 11) is 0. The van der Waals surface area contributed by atoms with Gasteiger partial charge in [-0.1, -0.05) is 35.3 Å². The molecule has 18 heavy (non-hydrogen) atoms. The third-order valence-electron chi connectivity index (χ3n) is 2.43. The van der Waals surface area contributed by atoms with Crippen LogP contribution in [0.5, 0.6) is 0 Å². The maximum Gasteiger partial charge on any atom is 0.142 e. The predicted molar refractivity (Wildman–Crippen MR) is 70.1 cm³/mol. The molecule has 0 aliphatic carbocycles. The van der Waals surface area contributed by atoms with Crippen LogP contribution in [-0.2, 0) is 6.54 Å². The fraction of sp³-hybridized carbons (Fsp3) is 0.0769. The first-order chi connectivity index (χ1) is 8.58. The number of anilines is 1. The lowest BCUT2D eigenvalue weighted by molar-refractivity contribution is 0.626. The Morgan fingerprint density at radius 3 is 2.56 bits per heavy atom. The number of nitrogens with one attached hydrogen (secondary N) is 1. The van der Waals surface area contributed by atoms with Crippen LogP contribution >= 0.6 is 23.2 Å². The number of hydrogen-bond donors (Lipinski definition) is 1. The topological polar surface area (TPSA) is 12.0 Å². The van der Waals surface area contributed by atoms with Crippen molar-refractivity contribution in [2.24, 2.45) is 0 Å². The molecular weight excluding hydrogens is 279 g/mol. The minimum absolute atomic E-state index is 0.0724. The van der Waals surface area contributed by atoms with Gasteiger partial charge in [-0.2, -0.15) is 0 Å². The van der Waals surface area contributed by atoms with Gasteiger partial charge in [-0.25, -0.2) is 8.78 Å². The van der Waals surface area contributed by atoms with Gasteiger partial charge in [0.25, 0.3) is 0 Å². The smallest absolute Gasteiger partial charge is 0.142 e. The van der Waals surface area contributed by atoms with Crippen molar-refractivity contribution in [3.8, 4) is 0 Å². The quantitative estimate of drug-likeness (QED) is 0.848. The largest absolute Gasteiger partial charge is 0.380 e. The van der Waals surface area contributed by atoms with Crippen molar-refractivity contribution in [2.45, 2.75) is 6.54 Å². The molecule has 0 bridgehead atoms. The summed E-state index contributed by atoms with van der Waals surface area (Å²) in [6.07, 6.45) is 0.